The van der Waals surface area contributed by atoms with Crippen LogP contribution < -0.4 is 5.11 Å². The average molecular weight is 200 g/mol. The number of amides is 1. The Morgan fingerprint density at radius 3 is 2.79 bits per heavy atom. The Bertz CT molecular complexity index is 237. The van der Waals surface area contributed by atoms with E-state index in [1.807, 2.05) is 6.92 Å². The number of hydrogen-bond donors (Lipinski definition) is 1. The summed E-state index contributed by atoms with van der Waals surface area (Å²) in [7, 11) is 0. The SMILES string of the molecule is CC[C@H](CO)N1C[C@H](C(=O)[O-])CC1=O. The van der Waals surface area contributed by atoms with E-state index in [2.05, 4.69) is 0 Å². The van der Waals surface area contributed by atoms with E-state index in [4.69, 9.17) is 5.11 Å². The first-order valence-corrected chi connectivity index (χ1v) is 4.71. The molecule has 1 aliphatic rings. The Morgan fingerprint density at radius 2 is 2.43 bits per heavy atom. The zero-order chi connectivity index (χ0) is 10.7. The summed E-state index contributed by atoms with van der Waals surface area (Å²) in [6, 6.07) is -0.258. The molecule has 1 rings (SSSR count). The van der Waals surface area contributed by atoms with Gasteiger partial charge in [0.15, 0.2) is 0 Å². The Kier molecular flexibility index (Phi) is 3.46. The molecule has 0 radical (unpaired) electrons. The third kappa shape index (κ3) is 2.04. The van der Waals surface area contributed by atoms with Crippen LogP contribution in [0, 0.1) is 5.92 Å². The van der Waals surface area contributed by atoms with Crippen LogP contribution in [0.5, 0.6) is 0 Å². The number of likely N-dealkylation sites (tertiary alicyclic amines) is 1. The van der Waals surface area contributed by atoms with E-state index < -0.39 is 11.9 Å². The van der Waals surface area contributed by atoms with E-state index in [0.717, 1.165) is 0 Å². The molecule has 0 aromatic rings. The molecule has 0 spiro atoms. The summed E-state index contributed by atoms with van der Waals surface area (Å²) < 4.78 is 0. The lowest BCUT2D eigenvalue weighted by molar-refractivity contribution is -0.311. The maximum Gasteiger partial charge on any atom is 0.223 e. The third-order valence-electron chi connectivity index (χ3n) is 2.61. The van der Waals surface area contributed by atoms with Crippen LogP contribution in [0.25, 0.3) is 0 Å². The van der Waals surface area contributed by atoms with Crippen molar-refractivity contribution in [3.05, 3.63) is 0 Å². The average Bonchev–Trinajstić information content (AvgIpc) is 2.51. The fraction of sp³-hybridized carbons (Fsp3) is 0.778. The van der Waals surface area contributed by atoms with E-state index in [1.54, 1.807) is 0 Å². The van der Waals surface area contributed by atoms with E-state index in [1.165, 1.54) is 4.90 Å². The van der Waals surface area contributed by atoms with Crippen molar-refractivity contribution < 1.29 is 19.8 Å². The predicted molar refractivity (Wildman–Crippen MR) is 46.0 cm³/mol. The molecule has 0 bridgehead atoms. The number of nitrogens with zero attached hydrogens (tertiary/aromatic N) is 1. The zero-order valence-electron chi connectivity index (χ0n) is 8.10. The summed E-state index contributed by atoms with van der Waals surface area (Å²) in [6.07, 6.45) is 0.626. The monoisotopic (exact) mass is 200 g/mol. The summed E-state index contributed by atoms with van der Waals surface area (Å²) in [5.41, 5.74) is 0. The molecule has 0 aliphatic carbocycles. The Balaban J connectivity index is 2.64. The van der Waals surface area contributed by atoms with Crippen molar-refractivity contribution in [2.45, 2.75) is 25.8 Å². The van der Waals surface area contributed by atoms with Crippen molar-refractivity contribution in [1.82, 2.24) is 4.90 Å². The number of aliphatic carboxylic acids is 1. The number of carbonyl (C=O) groups excluding carboxylic acids is 2. The number of rotatable bonds is 4. The van der Waals surface area contributed by atoms with Gasteiger partial charge in [0.05, 0.1) is 12.6 Å². The molecule has 0 saturated carbocycles. The lowest BCUT2D eigenvalue weighted by Gasteiger charge is -2.25. The number of aliphatic hydroxyl groups is 1. The van der Waals surface area contributed by atoms with Gasteiger partial charge in [-0.15, -0.1) is 0 Å². The molecule has 0 unspecified atom stereocenters. The van der Waals surface area contributed by atoms with Crippen molar-refractivity contribution in [1.29, 1.82) is 0 Å². The molecule has 1 saturated heterocycles. The van der Waals surface area contributed by atoms with Crippen molar-refractivity contribution in [2.24, 2.45) is 5.92 Å². The fourth-order valence-electron chi connectivity index (χ4n) is 1.69. The van der Waals surface area contributed by atoms with Crippen LogP contribution in [-0.4, -0.2) is 41.1 Å². The number of carboxylic acid groups (broad SMARTS) is 1. The topological polar surface area (TPSA) is 80.7 Å². The summed E-state index contributed by atoms with van der Waals surface area (Å²) in [6.45, 7) is 1.89. The number of hydrogen-bond acceptors (Lipinski definition) is 4. The molecular weight excluding hydrogens is 186 g/mol. The van der Waals surface area contributed by atoms with Crippen molar-refractivity contribution >= 4 is 11.9 Å². The first kappa shape index (κ1) is 11.0. The van der Waals surface area contributed by atoms with Crippen LogP contribution in [0.15, 0.2) is 0 Å². The third-order valence-corrected chi connectivity index (χ3v) is 2.61. The number of carboxylic acids is 1. The highest BCUT2D eigenvalue weighted by atomic mass is 16.4. The molecule has 1 aliphatic heterocycles. The second-order valence-corrected chi connectivity index (χ2v) is 3.51. The maximum absolute atomic E-state index is 11.4. The summed E-state index contributed by atoms with van der Waals surface area (Å²) in [5, 5.41) is 19.5. The Morgan fingerprint density at radius 1 is 1.79 bits per heavy atom. The summed E-state index contributed by atoms with van der Waals surface area (Å²) in [4.78, 5) is 23.3. The van der Waals surface area contributed by atoms with E-state index in [0.29, 0.717) is 6.42 Å². The molecule has 80 valence electrons. The highest BCUT2D eigenvalue weighted by molar-refractivity contribution is 5.85. The van der Waals surface area contributed by atoms with Gasteiger partial charge in [-0.1, -0.05) is 6.92 Å². The summed E-state index contributed by atoms with van der Waals surface area (Å²) in [5.74, 6) is -2.11. The normalized spacial score (nSPS) is 24.0. The Labute approximate surface area is 82.3 Å². The standard InChI is InChI=1S/C9H15NO4/c1-2-7(5-11)10-4-6(9(13)14)3-8(10)12/h6-7,11H,2-5H2,1H3,(H,13,14)/p-1/t6-,7-/m1/s1. The van der Waals surface area contributed by atoms with Crippen LogP contribution in [-0.2, 0) is 9.59 Å². The molecule has 14 heavy (non-hydrogen) atoms. The lowest BCUT2D eigenvalue weighted by atomic mass is 10.1. The molecule has 2 atom stereocenters. The van der Waals surface area contributed by atoms with E-state index >= 15 is 0 Å². The summed E-state index contributed by atoms with van der Waals surface area (Å²) >= 11 is 0. The highest BCUT2D eigenvalue weighted by Crippen LogP contribution is 2.20. The lowest BCUT2D eigenvalue weighted by Crippen LogP contribution is -2.40. The van der Waals surface area contributed by atoms with Crippen molar-refractivity contribution in [3.63, 3.8) is 0 Å². The molecule has 0 aromatic carbocycles. The molecule has 1 amide bonds. The van der Waals surface area contributed by atoms with Crippen LogP contribution in [0.2, 0.25) is 0 Å². The maximum atomic E-state index is 11.4. The highest BCUT2D eigenvalue weighted by Gasteiger charge is 2.33. The van der Waals surface area contributed by atoms with Crippen molar-refractivity contribution in [2.75, 3.05) is 13.2 Å². The van der Waals surface area contributed by atoms with E-state index in [-0.39, 0.29) is 31.5 Å². The molecule has 1 heterocycles. The van der Waals surface area contributed by atoms with Gasteiger partial charge in [0, 0.05) is 24.9 Å². The van der Waals surface area contributed by atoms with Gasteiger partial charge in [-0.25, -0.2) is 0 Å². The minimum Gasteiger partial charge on any atom is -0.550 e. The molecular formula is C9H14NO4-. The van der Waals surface area contributed by atoms with Crippen LogP contribution >= 0.6 is 0 Å². The van der Waals surface area contributed by atoms with Gasteiger partial charge in [-0.3, -0.25) is 4.79 Å². The number of aliphatic hydroxyl groups excluding tert-OH is 1. The smallest absolute Gasteiger partial charge is 0.223 e. The van der Waals surface area contributed by atoms with Crippen LogP contribution in [0.3, 0.4) is 0 Å². The fourth-order valence-corrected chi connectivity index (χ4v) is 1.69. The van der Waals surface area contributed by atoms with Gasteiger partial charge in [-0.05, 0) is 6.42 Å². The van der Waals surface area contributed by atoms with E-state index in [9.17, 15) is 14.7 Å². The largest absolute Gasteiger partial charge is 0.550 e. The first-order valence-electron chi connectivity index (χ1n) is 4.71. The van der Waals surface area contributed by atoms with Gasteiger partial charge in [-0.2, -0.15) is 0 Å². The van der Waals surface area contributed by atoms with Crippen LogP contribution in [0.4, 0.5) is 0 Å². The van der Waals surface area contributed by atoms with Crippen LogP contribution in [0.1, 0.15) is 19.8 Å². The van der Waals surface area contributed by atoms with Gasteiger partial charge >= 0.3 is 0 Å². The molecule has 5 heteroatoms. The second kappa shape index (κ2) is 4.41. The second-order valence-electron chi connectivity index (χ2n) is 3.51. The van der Waals surface area contributed by atoms with Crippen molar-refractivity contribution in [3.8, 4) is 0 Å². The molecule has 0 aromatic heterocycles. The van der Waals surface area contributed by atoms with Gasteiger partial charge in [0.2, 0.25) is 5.91 Å². The molecule has 5 nitrogen and oxygen atoms in total. The minimum atomic E-state index is -1.19. The van der Waals surface area contributed by atoms with Gasteiger partial charge < -0.3 is 19.9 Å². The number of carbonyl (C=O) groups is 2. The predicted octanol–water partition coefficient (Wildman–Crippen LogP) is -1.64. The molecule has 1 fully saturated rings. The molecule has 1 N–H and O–H groups in total. The Hall–Kier alpha value is -1.10. The minimum absolute atomic E-state index is 0.00116. The van der Waals surface area contributed by atoms with Gasteiger partial charge in [0.25, 0.3) is 0 Å². The quantitative estimate of drug-likeness (QED) is 0.590. The van der Waals surface area contributed by atoms with Gasteiger partial charge in [0.1, 0.15) is 0 Å². The zero-order valence-corrected chi connectivity index (χ0v) is 8.10. The first-order chi connectivity index (χ1) is 6.60.